The molecule has 70 valence electrons. The van der Waals surface area contributed by atoms with Crippen LogP contribution in [-0.2, 0) is 9.47 Å². The average molecular weight is 170 g/mol. The molecule has 1 aliphatic heterocycles. The molecule has 0 aromatic rings. The normalized spacial score (nSPS) is 42.2. The Morgan fingerprint density at radius 3 is 2.92 bits per heavy atom. The molecule has 0 aromatic heterocycles. The summed E-state index contributed by atoms with van der Waals surface area (Å²) in [6, 6.07) is 0. The van der Waals surface area contributed by atoms with Gasteiger partial charge < -0.3 is 9.47 Å². The van der Waals surface area contributed by atoms with E-state index in [4.69, 9.17) is 9.47 Å². The van der Waals surface area contributed by atoms with E-state index in [1.807, 2.05) is 7.11 Å². The number of fused-ring (bicyclic) bond motifs is 1. The minimum atomic E-state index is 0.507. The number of methoxy groups -OCH3 is 1. The highest BCUT2D eigenvalue weighted by atomic mass is 16.5. The summed E-state index contributed by atoms with van der Waals surface area (Å²) in [6.07, 6.45) is 5.62. The summed E-state index contributed by atoms with van der Waals surface area (Å²) in [5, 5.41) is 0. The quantitative estimate of drug-likeness (QED) is 0.598. The second-order valence-corrected chi connectivity index (χ2v) is 4.05. The Hall–Kier alpha value is -0.0800. The van der Waals surface area contributed by atoms with Crippen LogP contribution in [0.2, 0.25) is 0 Å². The van der Waals surface area contributed by atoms with Crippen molar-refractivity contribution >= 4 is 0 Å². The fourth-order valence-electron chi connectivity index (χ4n) is 2.55. The van der Waals surface area contributed by atoms with Crippen LogP contribution in [-0.4, -0.2) is 26.4 Å². The minimum absolute atomic E-state index is 0.507. The predicted molar refractivity (Wildman–Crippen MR) is 47.1 cm³/mol. The highest BCUT2D eigenvalue weighted by Gasteiger charge is 2.32. The van der Waals surface area contributed by atoms with Gasteiger partial charge in [-0.15, -0.1) is 0 Å². The van der Waals surface area contributed by atoms with Crippen LogP contribution < -0.4 is 0 Å². The first-order valence-corrected chi connectivity index (χ1v) is 5.00. The maximum atomic E-state index is 5.48. The van der Waals surface area contributed by atoms with Crippen molar-refractivity contribution in [2.45, 2.75) is 31.8 Å². The molecule has 12 heavy (non-hydrogen) atoms. The summed E-state index contributed by atoms with van der Waals surface area (Å²) < 4.78 is 10.9. The van der Waals surface area contributed by atoms with Crippen LogP contribution >= 0.6 is 0 Å². The first kappa shape index (κ1) is 8.52. The summed E-state index contributed by atoms with van der Waals surface area (Å²) in [6.45, 7) is 1.96. The molecule has 0 aromatic carbocycles. The molecule has 2 rings (SSSR count). The predicted octanol–water partition coefficient (Wildman–Crippen LogP) is 1.84. The van der Waals surface area contributed by atoms with Crippen molar-refractivity contribution < 1.29 is 9.47 Å². The molecule has 0 radical (unpaired) electrons. The van der Waals surface area contributed by atoms with Gasteiger partial charge in [0.15, 0.2) is 0 Å². The molecular formula is C10H18O2. The van der Waals surface area contributed by atoms with E-state index < -0.39 is 0 Å². The standard InChI is InChI=1S/C10H18O2/c1-11-10-3-2-8-4-5-12-7-9(8)6-10/h8-10H,2-7H2,1H3. The van der Waals surface area contributed by atoms with Gasteiger partial charge in [0.05, 0.1) is 6.10 Å². The van der Waals surface area contributed by atoms with Crippen LogP contribution in [0.5, 0.6) is 0 Å². The highest BCUT2D eigenvalue weighted by Crippen LogP contribution is 2.36. The van der Waals surface area contributed by atoms with E-state index in [1.54, 1.807) is 0 Å². The summed E-state index contributed by atoms with van der Waals surface area (Å²) in [7, 11) is 1.83. The molecule has 2 fully saturated rings. The van der Waals surface area contributed by atoms with Crippen LogP contribution in [0.4, 0.5) is 0 Å². The molecule has 2 nitrogen and oxygen atoms in total. The van der Waals surface area contributed by atoms with Gasteiger partial charge in [0.2, 0.25) is 0 Å². The van der Waals surface area contributed by atoms with Gasteiger partial charge in [-0.3, -0.25) is 0 Å². The van der Waals surface area contributed by atoms with Gasteiger partial charge >= 0.3 is 0 Å². The number of hydrogen-bond donors (Lipinski definition) is 0. The summed E-state index contributed by atoms with van der Waals surface area (Å²) in [5.74, 6) is 1.72. The molecule has 0 N–H and O–H groups in total. The van der Waals surface area contributed by atoms with Gasteiger partial charge in [-0.25, -0.2) is 0 Å². The number of rotatable bonds is 1. The van der Waals surface area contributed by atoms with E-state index in [2.05, 4.69) is 0 Å². The largest absolute Gasteiger partial charge is 0.381 e. The van der Waals surface area contributed by atoms with Gasteiger partial charge in [-0.1, -0.05) is 0 Å². The third-order valence-electron chi connectivity index (χ3n) is 3.39. The lowest BCUT2D eigenvalue weighted by molar-refractivity contribution is -0.0459. The molecule has 1 aliphatic carbocycles. The molecule has 3 unspecified atom stereocenters. The average Bonchev–Trinajstić information content (AvgIpc) is 2.17. The van der Waals surface area contributed by atoms with Crippen LogP contribution in [0, 0.1) is 11.8 Å². The summed E-state index contributed by atoms with van der Waals surface area (Å²) in [4.78, 5) is 0. The van der Waals surface area contributed by atoms with Crippen molar-refractivity contribution in [2.24, 2.45) is 11.8 Å². The van der Waals surface area contributed by atoms with Crippen molar-refractivity contribution in [3.05, 3.63) is 0 Å². The molecule has 1 heterocycles. The van der Waals surface area contributed by atoms with Crippen molar-refractivity contribution in [1.29, 1.82) is 0 Å². The van der Waals surface area contributed by atoms with Crippen molar-refractivity contribution in [2.75, 3.05) is 20.3 Å². The zero-order valence-electron chi connectivity index (χ0n) is 7.79. The Bertz CT molecular complexity index is 147. The van der Waals surface area contributed by atoms with Crippen molar-refractivity contribution in [1.82, 2.24) is 0 Å². The molecule has 1 saturated heterocycles. The van der Waals surface area contributed by atoms with E-state index >= 15 is 0 Å². The van der Waals surface area contributed by atoms with Crippen LogP contribution in [0.15, 0.2) is 0 Å². The first-order valence-electron chi connectivity index (χ1n) is 5.00. The van der Waals surface area contributed by atoms with Crippen molar-refractivity contribution in [3.63, 3.8) is 0 Å². The summed E-state index contributed by atoms with van der Waals surface area (Å²) >= 11 is 0. The molecule has 0 amide bonds. The van der Waals surface area contributed by atoms with Crippen LogP contribution in [0.1, 0.15) is 25.7 Å². The fourth-order valence-corrected chi connectivity index (χ4v) is 2.55. The molecule has 2 heteroatoms. The number of ether oxygens (including phenoxy) is 2. The molecule has 3 atom stereocenters. The van der Waals surface area contributed by atoms with E-state index in [1.165, 1.54) is 25.7 Å². The van der Waals surface area contributed by atoms with Gasteiger partial charge in [0, 0.05) is 20.3 Å². The van der Waals surface area contributed by atoms with Gasteiger partial charge in [-0.2, -0.15) is 0 Å². The maximum absolute atomic E-state index is 5.48. The molecule has 2 aliphatic rings. The van der Waals surface area contributed by atoms with E-state index in [0.717, 1.165) is 25.0 Å². The monoisotopic (exact) mass is 170 g/mol. The highest BCUT2D eigenvalue weighted by molar-refractivity contribution is 4.82. The Morgan fingerprint density at radius 2 is 2.08 bits per heavy atom. The third-order valence-corrected chi connectivity index (χ3v) is 3.39. The minimum Gasteiger partial charge on any atom is -0.381 e. The Morgan fingerprint density at radius 1 is 1.17 bits per heavy atom. The smallest absolute Gasteiger partial charge is 0.0575 e. The van der Waals surface area contributed by atoms with Gasteiger partial charge in [0.25, 0.3) is 0 Å². The second kappa shape index (κ2) is 3.75. The van der Waals surface area contributed by atoms with E-state index in [0.29, 0.717) is 6.10 Å². The third kappa shape index (κ3) is 1.64. The lowest BCUT2D eigenvalue weighted by atomic mass is 9.76. The van der Waals surface area contributed by atoms with Crippen LogP contribution in [0.25, 0.3) is 0 Å². The van der Waals surface area contributed by atoms with E-state index in [9.17, 15) is 0 Å². The topological polar surface area (TPSA) is 18.5 Å². The SMILES string of the molecule is COC1CCC2CCOCC2C1. The fraction of sp³-hybridized carbons (Fsp3) is 1.00. The van der Waals surface area contributed by atoms with Crippen LogP contribution in [0.3, 0.4) is 0 Å². The maximum Gasteiger partial charge on any atom is 0.0575 e. The van der Waals surface area contributed by atoms with Gasteiger partial charge in [-0.05, 0) is 37.5 Å². The molecule has 0 bridgehead atoms. The molecular weight excluding hydrogens is 152 g/mol. The lowest BCUT2D eigenvalue weighted by Gasteiger charge is -2.38. The Labute approximate surface area is 74.2 Å². The zero-order valence-corrected chi connectivity index (χ0v) is 7.79. The number of hydrogen-bond acceptors (Lipinski definition) is 2. The first-order chi connectivity index (χ1) is 5.90. The lowest BCUT2D eigenvalue weighted by Crippen LogP contribution is -2.35. The second-order valence-electron chi connectivity index (χ2n) is 4.05. The molecule has 0 spiro atoms. The zero-order chi connectivity index (χ0) is 8.39. The van der Waals surface area contributed by atoms with Gasteiger partial charge in [0.1, 0.15) is 0 Å². The van der Waals surface area contributed by atoms with Crippen molar-refractivity contribution in [3.8, 4) is 0 Å². The molecule has 1 saturated carbocycles. The Balaban J connectivity index is 1.90. The summed E-state index contributed by atoms with van der Waals surface area (Å²) in [5.41, 5.74) is 0. The van der Waals surface area contributed by atoms with E-state index in [-0.39, 0.29) is 0 Å². The Kier molecular flexibility index (Phi) is 2.66.